The highest BCUT2D eigenvalue weighted by Crippen LogP contribution is 2.16. The van der Waals surface area contributed by atoms with Gasteiger partial charge < -0.3 is 4.42 Å². The van der Waals surface area contributed by atoms with Crippen LogP contribution in [-0.4, -0.2) is 18.0 Å². The molecule has 0 atom stereocenters. The monoisotopic (exact) mass is 361 g/mol. The average molecular weight is 361 g/mol. The van der Waals surface area contributed by atoms with Crippen molar-refractivity contribution in [3.8, 4) is 0 Å². The van der Waals surface area contributed by atoms with Crippen LogP contribution in [0.1, 0.15) is 12.5 Å². The van der Waals surface area contributed by atoms with Crippen LogP contribution in [-0.2, 0) is 23.1 Å². The summed E-state index contributed by atoms with van der Waals surface area (Å²) in [6, 6.07) is 7.42. The standard InChI is InChI=1S/C16H15N3O5S/c1-2-19-14-6-5-12(8-13(14)15(20)24-16(19)21)25(22,23)18-10-11-4-3-7-17-9-11/h3-9,18H,2,10H2,1H3. The number of sulfonamides is 1. The number of hydrogen-bond acceptors (Lipinski definition) is 6. The lowest BCUT2D eigenvalue weighted by molar-refractivity contribution is 0.421. The van der Waals surface area contributed by atoms with Gasteiger partial charge in [-0.2, -0.15) is 0 Å². The normalized spacial score (nSPS) is 11.7. The molecular formula is C16H15N3O5S. The fourth-order valence-corrected chi connectivity index (χ4v) is 3.48. The Kier molecular flexibility index (Phi) is 4.51. The molecule has 25 heavy (non-hydrogen) atoms. The largest absolute Gasteiger partial charge is 0.422 e. The van der Waals surface area contributed by atoms with Crippen molar-refractivity contribution in [2.45, 2.75) is 24.9 Å². The zero-order chi connectivity index (χ0) is 18.0. The summed E-state index contributed by atoms with van der Waals surface area (Å²) in [7, 11) is -3.84. The zero-order valence-corrected chi connectivity index (χ0v) is 14.1. The van der Waals surface area contributed by atoms with E-state index in [1.165, 1.54) is 22.8 Å². The van der Waals surface area contributed by atoms with Crippen molar-refractivity contribution in [2.24, 2.45) is 0 Å². The summed E-state index contributed by atoms with van der Waals surface area (Å²) in [6.45, 7) is 2.09. The first-order chi connectivity index (χ1) is 11.9. The third-order valence-electron chi connectivity index (χ3n) is 3.69. The van der Waals surface area contributed by atoms with E-state index in [9.17, 15) is 18.0 Å². The number of pyridine rings is 1. The number of rotatable bonds is 5. The molecule has 0 unspecified atom stereocenters. The zero-order valence-electron chi connectivity index (χ0n) is 13.3. The van der Waals surface area contributed by atoms with Gasteiger partial charge in [0.25, 0.3) is 0 Å². The highest BCUT2D eigenvalue weighted by molar-refractivity contribution is 7.89. The van der Waals surface area contributed by atoms with Crippen LogP contribution in [0.15, 0.2) is 61.6 Å². The molecule has 0 bridgehead atoms. The molecular weight excluding hydrogens is 346 g/mol. The molecule has 3 rings (SSSR count). The van der Waals surface area contributed by atoms with Crippen LogP contribution in [0.4, 0.5) is 0 Å². The molecule has 0 aliphatic heterocycles. The van der Waals surface area contributed by atoms with E-state index in [1.807, 2.05) is 0 Å². The Balaban J connectivity index is 2.01. The van der Waals surface area contributed by atoms with Gasteiger partial charge in [0.2, 0.25) is 10.0 Å². The second-order valence-corrected chi connectivity index (χ2v) is 7.03. The van der Waals surface area contributed by atoms with E-state index in [-0.39, 0.29) is 16.8 Å². The van der Waals surface area contributed by atoms with E-state index in [2.05, 4.69) is 14.1 Å². The van der Waals surface area contributed by atoms with E-state index in [0.717, 1.165) is 0 Å². The van der Waals surface area contributed by atoms with Gasteiger partial charge in [-0.25, -0.2) is 22.7 Å². The Bertz CT molecular complexity index is 1130. The minimum Gasteiger partial charge on any atom is -0.372 e. The van der Waals surface area contributed by atoms with Gasteiger partial charge in [0.1, 0.15) is 0 Å². The quantitative estimate of drug-likeness (QED) is 0.721. The van der Waals surface area contributed by atoms with Crippen molar-refractivity contribution in [1.29, 1.82) is 0 Å². The molecule has 3 aromatic rings. The minimum absolute atomic E-state index is 0.0331. The summed E-state index contributed by atoms with van der Waals surface area (Å²) in [5, 5.41) is 0.0331. The minimum atomic E-state index is -3.84. The van der Waals surface area contributed by atoms with E-state index in [0.29, 0.717) is 17.6 Å². The van der Waals surface area contributed by atoms with Crippen LogP contribution in [0.25, 0.3) is 10.9 Å². The number of benzene rings is 1. The average Bonchev–Trinajstić information content (AvgIpc) is 2.61. The fraction of sp³-hybridized carbons (Fsp3) is 0.188. The van der Waals surface area contributed by atoms with Gasteiger partial charge in [-0.15, -0.1) is 0 Å². The molecule has 0 fully saturated rings. The van der Waals surface area contributed by atoms with Crippen molar-refractivity contribution in [1.82, 2.24) is 14.3 Å². The summed E-state index contributed by atoms with van der Waals surface area (Å²) >= 11 is 0. The van der Waals surface area contributed by atoms with Crippen molar-refractivity contribution in [2.75, 3.05) is 0 Å². The maximum absolute atomic E-state index is 12.4. The van der Waals surface area contributed by atoms with Crippen LogP contribution in [0.3, 0.4) is 0 Å². The predicted octanol–water partition coefficient (Wildman–Crippen LogP) is 0.848. The second-order valence-electron chi connectivity index (χ2n) is 5.26. The molecule has 0 saturated carbocycles. The van der Waals surface area contributed by atoms with Gasteiger partial charge in [0.15, 0.2) is 0 Å². The third kappa shape index (κ3) is 3.37. The van der Waals surface area contributed by atoms with Crippen molar-refractivity contribution in [3.63, 3.8) is 0 Å². The number of aryl methyl sites for hydroxylation is 1. The number of hydrogen-bond donors (Lipinski definition) is 1. The van der Waals surface area contributed by atoms with E-state index < -0.39 is 21.4 Å². The number of fused-ring (bicyclic) bond motifs is 1. The summed E-state index contributed by atoms with van der Waals surface area (Å²) in [5.74, 6) is -0.773. The van der Waals surface area contributed by atoms with Crippen molar-refractivity contribution in [3.05, 3.63) is 69.3 Å². The highest BCUT2D eigenvalue weighted by atomic mass is 32.2. The lowest BCUT2D eigenvalue weighted by Gasteiger charge is -2.09. The van der Waals surface area contributed by atoms with Gasteiger partial charge >= 0.3 is 11.4 Å². The molecule has 2 heterocycles. The molecule has 1 N–H and O–H groups in total. The van der Waals surface area contributed by atoms with Crippen molar-refractivity contribution >= 4 is 20.9 Å². The van der Waals surface area contributed by atoms with E-state index in [1.54, 1.807) is 31.5 Å². The molecule has 8 nitrogen and oxygen atoms in total. The number of nitrogens with zero attached hydrogens (tertiary/aromatic N) is 2. The Morgan fingerprint density at radius 2 is 2.04 bits per heavy atom. The summed E-state index contributed by atoms with van der Waals surface area (Å²) < 4.78 is 33.2. The SMILES string of the molecule is CCn1c(=O)oc(=O)c2cc(S(=O)(=O)NCc3cccnc3)ccc21. The molecule has 0 amide bonds. The molecule has 0 aliphatic rings. The second kappa shape index (κ2) is 6.61. The van der Waals surface area contributed by atoms with Gasteiger partial charge in [-0.3, -0.25) is 9.55 Å². The van der Waals surface area contributed by atoms with E-state index >= 15 is 0 Å². The van der Waals surface area contributed by atoms with Crippen LogP contribution in [0, 0.1) is 0 Å². The summed E-state index contributed by atoms with van der Waals surface area (Å²) in [6.07, 6.45) is 3.14. The molecule has 0 radical (unpaired) electrons. The fourth-order valence-electron chi connectivity index (χ4n) is 2.43. The first-order valence-corrected chi connectivity index (χ1v) is 8.97. The molecule has 0 saturated heterocycles. The lowest BCUT2D eigenvalue weighted by Crippen LogP contribution is -2.26. The molecule has 130 valence electrons. The van der Waals surface area contributed by atoms with Crippen LogP contribution in [0.5, 0.6) is 0 Å². The Morgan fingerprint density at radius 1 is 1.24 bits per heavy atom. The summed E-state index contributed by atoms with van der Waals surface area (Å²) in [5.41, 5.74) is 0.162. The van der Waals surface area contributed by atoms with E-state index in [4.69, 9.17) is 0 Å². The Morgan fingerprint density at radius 3 is 2.72 bits per heavy atom. The lowest BCUT2D eigenvalue weighted by atomic mass is 10.2. The Labute approximate surface area is 142 Å². The van der Waals surface area contributed by atoms with Gasteiger partial charge in [-0.05, 0) is 36.8 Å². The van der Waals surface area contributed by atoms with Gasteiger partial charge in [0, 0.05) is 25.5 Å². The van der Waals surface area contributed by atoms with Crippen molar-refractivity contribution < 1.29 is 12.8 Å². The van der Waals surface area contributed by atoms with Crippen LogP contribution >= 0.6 is 0 Å². The van der Waals surface area contributed by atoms with Crippen LogP contribution < -0.4 is 16.1 Å². The van der Waals surface area contributed by atoms with Crippen LogP contribution in [0.2, 0.25) is 0 Å². The third-order valence-corrected chi connectivity index (χ3v) is 5.09. The molecule has 0 spiro atoms. The molecule has 2 aromatic heterocycles. The number of aromatic nitrogens is 2. The molecule has 0 aliphatic carbocycles. The maximum Gasteiger partial charge on any atom is 0.422 e. The predicted molar refractivity (Wildman–Crippen MR) is 90.7 cm³/mol. The molecule has 9 heteroatoms. The smallest absolute Gasteiger partial charge is 0.372 e. The molecule has 1 aromatic carbocycles. The highest BCUT2D eigenvalue weighted by Gasteiger charge is 2.17. The Hall–Kier alpha value is -2.78. The first kappa shape index (κ1) is 17.1. The first-order valence-electron chi connectivity index (χ1n) is 7.48. The summed E-state index contributed by atoms with van der Waals surface area (Å²) in [4.78, 5) is 27.4. The topological polar surface area (TPSA) is 111 Å². The number of nitrogens with one attached hydrogen (secondary N) is 1. The maximum atomic E-state index is 12.4. The van der Waals surface area contributed by atoms with Gasteiger partial charge in [-0.1, -0.05) is 6.07 Å². The van der Waals surface area contributed by atoms with Gasteiger partial charge in [0.05, 0.1) is 15.8 Å².